The van der Waals surface area contributed by atoms with Crippen LogP contribution in [0.15, 0.2) is 54.6 Å². The molecule has 0 aliphatic heterocycles. The summed E-state index contributed by atoms with van der Waals surface area (Å²) >= 11 is 5.83. The summed E-state index contributed by atoms with van der Waals surface area (Å²) in [5, 5.41) is 3.31. The largest absolute Gasteiger partial charge is 0.325 e. The molecule has 0 aliphatic rings. The molecule has 24 heavy (non-hydrogen) atoms. The van der Waals surface area contributed by atoms with E-state index in [2.05, 4.69) is 5.32 Å². The maximum absolute atomic E-state index is 12.1. The summed E-state index contributed by atoms with van der Waals surface area (Å²) in [6.45, 7) is 0.00396. The molecule has 1 N–H and O–H groups in total. The van der Waals surface area contributed by atoms with Crippen molar-refractivity contribution in [1.29, 1.82) is 0 Å². The minimum absolute atomic E-state index is 0.221. The van der Waals surface area contributed by atoms with E-state index in [0.717, 1.165) is 11.8 Å². The van der Waals surface area contributed by atoms with Crippen molar-refractivity contribution in [2.75, 3.05) is 24.7 Å². The summed E-state index contributed by atoms with van der Waals surface area (Å²) in [7, 11) is -3.48. The van der Waals surface area contributed by atoms with Crippen LogP contribution in [-0.4, -0.2) is 38.0 Å². The first-order valence-electron chi connectivity index (χ1n) is 7.39. The number of sulfonamides is 1. The molecule has 0 unspecified atom stereocenters. The van der Waals surface area contributed by atoms with Gasteiger partial charge in [-0.25, -0.2) is 8.42 Å². The van der Waals surface area contributed by atoms with Gasteiger partial charge in [-0.2, -0.15) is 4.31 Å². The molecule has 7 heteroatoms. The van der Waals surface area contributed by atoms with Crippen molar-refractivity contribution in [3.05, 3.63) is 65.2 Å². The van der Waals surface area contributed by atoms with Crippen molar-refractivity contribution in [1.82, 2.24) is 4.31 Å². The van der Waals surface area contributed by atoms with E-state index < -0.39 is 10.0 Å². The van der Waals surface area contributed by atoms with Crippen LogP contribution in [0.2, 0.25) is 5.02 Å². The molecule has 0 saturated carbocycles. The molecular formula is C17H19ClN2O3S. The highest BCUT2D eigenvalue weighted by molar-refractivity contribution is 7.88. The van der Waals surface area contributed by atoms with Crippen molar-refractivity contribution in [3.63, 3.8) is 0 Å². The molecule has 0 atom stereocenters. The van der Waals surface area contributed by atoms with Gasteiger partial charge in [0.25, 0.3) is 0 Å². The predicted molar refractivity (Wildman–Crippen MR) is 96.6 cm³/mol. The highest BCUT2D eigenvalue weighted by Gasteiger charge is 2.20. The van der Waals surface area contributed by atoms with E-state index in [-0.39, 0.29) is 19.0 Å². The van der Waals surface area contributed by atoms with Gasteiger partial charge in [0, 0.05) is 17.3 Å². The topological polar surface area (TPSA) is 66.5 Å². The zero-order chi connectivity index (χ0) is 17.6. The third-order valence-electron chi connectivity index (χ3n) is 3.41. The van der Waals surface area contributed by atoms with Gasteiger partial charge in [0.15, 0.2) is 0 Å². The van der Waals surface area contributed by atoms with E-state index in [4.69, 9.17) is 11.6 Å². The van der Waals surface area contributed by atoms with Gasteiger partial charge < -0.3 is 5.32 Å². The van der Waals surface area contributed by atoms with Crippen LogP contribution in [0.5, 0.6) is 0 Å². The number of nitrogens with zero attached hydrogens (tertiary/aromatic N) is 1. The second-order valence-corrected chi connectivity index (χ2v) is 7.81. The minimum atomic E-state index is -3.48. The van der Waals surface area contributed by atoms with Crippen molar-refractivity contribution in [2.24, 2.45) is 0 Å². The first kappa shape index (κ1) is 18.4. The molecule has 2 rings (SSSR count). The fourth-order valence-electron chi connectivity index (χ4n) is 2.15. The maximum atomic E-state index is 12.1. The molecule has 0 aliphatic carbocycles. The van der Waals surface area contributed by atoms with Crippen LogP contribution in [0.4, 0.5) is 5.69 Å². The van der Waals surface area contributed by atoms with Crippen LogP contribution >= 0.6 is 11.6 Å². The fraction of sp³-hybridized carbons (Fsp3) is 0.235. The van der Waals surface area contributed by atoms with E-state index in [1.807, 2.05) is 18.2 Å². The Hall–Kier alpha value is -1.89. The fourth-order valence-corrected chi connectivity index (χ4v) is 3.05. The highest BCUT2D eigenvalue weighted by atomic mass is 35.5. The summed E-state index contributed by atoms with van der Waals surface area (Å²) < 4.78 is 25.0. The SMILES string of the molecule is CS(=O)(=O)N(CCc1ccc(Cl)cc1)CC(=O)Nc1ccccc1. The molecule has 1 amide bonds. The molecule has 0 fully saturated rings. The average Bonchev–Trinajstić information content (AvgIpc) is 2.53. The average molecular weight is 367 g/mol. The van der Waals surface area contributed by atoms with Gasteiger partial charge in [0.1, 0.15) is 0 Å². The van der Waals surface area contributed by atoms with E-state index in [1.54, 1.807) is 36.4 Å². The standard InChI is InChI=1S/C17H19ClN2O3S/c1-24(22,23)20(12-11-14-7-9-15(18)10-8-14)13-17(21)19-16-5-3-2-4-6-16/h2-10H,11-13H2,1H3,(H,19,21). The number of hydrogen-bond acceptors (Lipinski definition) is 3. The van der Waals surface area contributed by atoms with Gasteiger partial charge in [-0.05, 0) is 36.2 Å². The number of amides is 1. The molecule has 2 aromatic carbocycles. The molecule has 128 valence electrons. The first-order chi connectivity index (χ1) is 11.3. The number of anilines is 1. The molecule has 0 spiro atoms. The summed E-state index contributed by atoms with van der Waals surface area (Å²) in [4.78, 5) is 12.1. The second-order valence-electron chi connectivity index (χ2n) is 5.39. The monoisotopic (exact) mass is 366 g/mol. The van der Waals surface area contributed by atoms with E-state index in [9.17, 15) is 13.2 Å². The molecule has 0 radical (unpaired) electrons. The lowest BCUT2D eigenvalue weighted by atomic mass is 10.1. The lowest BCUT2D eigenvalue weighted by Crippen LogP contribution is -2.38. The van der Waals surface area contributed by atoms with Crippen LogP contribution in [0.1, 0.15) is 5.56 Å². The third kappa shape index (κ3) is 5.96. The number of hydrogen-bond donors (Lipinski definition) is 1. The molecular weight excluding hydrogens is 348 g/mol. The second kappa shape index (κ2) is 8.28. The van der Waals surface area contributed by atoms with Crippen molar-refractivity contribution >= 4 is 33.2 Å². The normalized spacial score (nSPS) is 11.5. The Labute approximate surface area is 147 Å². The summed E-state index contributed by atoms with van der Waals surface area (Å²) in [6.07, 6.45) is 1.60. The zero-order valence-corrected chi connectivity index (χ0v) is 14.8. The number of benzene rings is 2. The Balaban J connectivity index is 1.98. The van der Waals surface area contributed by atoms with E-state index >= 15 is 0 Å². The van der Waals surface area contributed by atoms with E-state index in [1.165, 1.54) is 4.31 Å². The third-order valence-corrected chi connectivity index (χ3v) is 4.91. The van der Waals surface area contributed by atoms with Crippen molar-refractivity contribution in [2.45, 2.75) is 6.42 Å². The Morgan fingerprint density at radius 1 is 1.08 bits per heavy atom. The van der Waals surface area contributed by atoms with Gasteiger partial charge in [0.05, 0.1) is 12.8 Å². The Bertz CT molecular complexity index is 777. The number of nitrogens with one attached hydrogen (secondary N) is 1. The summed E-state index contributed by atoms with van der Waals surface area (Å²) in [5.74, 6) is -0.372. The summed E-state index contributed by atoms with van der Waals surface area (Å²) in [6, 6.07) is 16.1. The minimum Gasteiger partial charge on any atom is -0.325 e. The quantitative estimate of drug-likeness (QED) is 0.819. The summed E-state index contributed by atoms with van der Waals surface area (Å²) in [5.41, 5.74) is 1.59. The Morgan fingerprint density at radius 3 is 2.29 bits per heavy atom. The number of rotatable bonds is 7. The van der Waals surface area contributed by atoms with Gasteiger partial charge in [-0.1, -0.05) is 41.9 Å². The van der Waals surface area contributed by atoms with Crippen LogP contribution < -0.4 is 5.32 Å². The van der Waals surface area contributed by atoms with Crippen LogP contribution in [-0.2, 0) is 21.2 Å². The molecule has 0 heterocycles. The lowest BCUT2D eigenvalue weighted by molar-refractivity contribution is -0.116. The predicted octanol–water partition coefficient (Wildman–Crippen LogP) is 2.78. The lowest BCUT2D eigenvalue weighted by Gasteiger charge is -2.19. The highest BCUT2D eigenvalue weighted by Crippen LogP contribution is 2.11. The molecule has 0 bridgehead atoms. The molecule has 5 nitrogen and oxygen atoms in total. The van der Waals surface area contributed by atoms with Gasteiger partial charge >= 0.3 is 0 Å². The van der Waals surface area contributed by atoms with E-state index in [0.29, 0.717) is 17.1 Å². The van der Waals surface area contributed by atoms with Gasteiger partial charge in [0.2, 0.25) is 15.9 Å². The van der Waals surface area contributed by atoms with Crippen LogP contribution in [0.25, 0.3) is 0 Å². The smallest absolute Gasteiger partial charge is 0.239 e. The Morgan fingerprint density at radius 2 is 1.71 bits per heavy atom. The number of carbonyl (C=O) groups is 1. The van der Waals surface area contributed by atoms with Crippen LogP contribution in [0.3, 0.4) is 0 Å². The number of halogens is 1. The van der Waals surface area contributed by atoms with Crippen molar-refractivity contribution in [3.8, 4) is 0 Å². The van der Waals surface area contributed by atoms with Gasteiger partial charge in [-0.3, -0.25) is 4.79 Å². The van der Waals surface area contributed by atoms with Crippen molar-refractivity contribution < 1.29 is 13.2 Å². The number of para-hydroxylation sites is 1. The Kier molecular flexibility index (Phi) is 6.36. The molecule has 0 saturated heterocycles. The first-order valence-corrected chi connectivity index (χ1v) is 9.62. The van der Waals surface area contributed by atoms with Crippen LogP contribution in [0, 0.1) is 0 Å². The molecule has 0 aromatic heterocycles. The zero-order valence-electron chi connectivity index (χ0n) is 13.3. The maximum Gasteiger partial charge on any atom is 0.239 e. The van der Waals surface area contributed by atoms with Gasteiger partial charge in [-0.15, -0.1) is 0 Å². The number of carbonyl (C=O) groups excluding carboxylic acids is 1. The molecule has 2 aromatic rings.